The summed E-state index contributed by atoms with van der Waals surface area (Å²) >= 11 is 0. The largest absolute Gasteiger partial charge is 0.381 e. The van der Waals surface area contributed by atoms with Crippen LogP contribution < -0.4 is 5.32 Å². The lowest BCUT2D eigenvalue weighted by Gasteiger charge is -2.37. The third kappa shape index (κ3) is 6.29. The van der Waals surface area contributed by atoms with E-state index in [1.165, 1.54) is 24.3 Å². The van der Waals surface area contributed by atoms with Crippen molar-refractivity contribution in [3.05, 3.63) is 101 Å². The van der Waals surface area contributed by atoms with Crippen molar-refractivity contribution in [3.8, 4) is 0 Å². The molecule has 2 aliphatic heterocycles. The molecule has 0 bridgehead atoms. The fourth-order valence-electron chi connectivity index (χ4n) is 6.07. The molecule has 42 heavy (non-hydrogen) atoms. The summed E-state index contributed by atoms with van der Waals surface area (Å²) in [5, 5.41) is 3.52. The molecule has 1 N–H and O–H groups in total. The van der Waals surface area contributed by atoms with E-state index in [9.17, 15) is 8.42 Å². The number of hydrogen-bond donors (Lipinski definition) is 1. The summed E-state index contributed by atoms with van der Waals surface area (Å²) in [6, 6.07) is 19.2. The van der Waals surface area contributed by atoms with E-state index in [1.54, 1.807) is 48.5 Å². The van der Waals surface area contributed by atoms with Crippen molar-refractivity contribution in [3.63, 3.8) is 0 Å². The summed E-state index contributed by atoms with van der Waals surface area (Å²) in [6.45, 7) is 3.64. The molecule has 0 aromatic heterocycles. The molecule has 224 valence electrons. The topological polar surface area (TPSA) is 73.9 Å². The van der Waals surface area contributed by atoms with E-state index in [4.69, 9.17) is 14.2 Å². The van der Waals surface area contributed by atoms with Gasteiger partial charge < -0.3 is 19.5 Å². The first-order valence-corrected chi connectivity index (χ1v) is 16.2. The summed E-state index contributed by atoms with van der Waals surface area (Å²) in [6.07, 6.45) is 4.28. The summed E-state index contributed by atoms with van der Waals surface area (Å²) in [5.74, 6) is -0.831. The highest BCUT2D eigenvalue weighted by Gasteiger charge is 2.50. The van der Waals surface area contributed by atoms with Crippen molar-refractivity contribution in [2.75, 3.05) is 32.7 Å². The second-order valence-electron chi connectivity index (χ2n) is 10.9. The number of sulfone groups is 1. The molecule has 3 aromatic rings. The molecule has 3 aromatic carbocycles. The van der Waals surface area contributed by atoms with Crippen molar-refractivity contribution in [2.24, 2.45) is 0 Å². The lowest BCUT2D eigenvalue weighted by Crippen LogP contribution is -2.42. The Labute approximate surface area is 246 Å². The zero-order valence-electron chi connectivity index (χ0n) is 23.9. The first kappa shape index (κ1) is 30.4. The Bertz CT molecular complexity index is 1520. The predicted octanol–water partition coefficient (Wildman–Crippen LogP) is 6.12. The molecule has 6 nitrogen and oxygen atoms in total. The van der Waals surface area contributed by atoms with Gasteiger partial charge in [-0.15, -0.1) is 0 Å². The van der Waals surface area contributed by atoms with Crippen LogP contribution in [0.25, 0.3) is 11.3 Å². The van der Waals surface area contributed by atoms with Crippen molar-refractivity contribution in [1.82, 2.24) is 5.32 Å². The van der Waals surface area contributed by atoms with Gasteiger partial charge in [-0.3, -0.25) is 0 Å². The molecule has 0 saturated carbocycles. The molecule has 0 spiro atoms. The van der Waals surface area contributed by atoms with E-state index in [1.807, 2.05) is 6.92 Å². The Hall–Kier alpha value is -3.11. The Morgan fingerprint density at radius 1 is 0.929 bits per heavy atom. The summed E-state index contributed by atoms with van der Waals surface area (Å²) < 4.78 is 73.0. The highest BCUT2D eigenvalue weighted by molar-refractivity contribution is 7.90. The van der Waals surface area contributed by atoms with Crippen LogP contribution in [-0.2, 0) is 29.5 Å². The van der Waals surface area contributed by atoms with Gasteiger partial charge in [0, 0.05) is 47.8 Å². The fourth-order valence-corrected chi connectivity index (χ4v) is 6.70. The Kier molecular flexibility index (Phi) is 9.42. The number of rotatable bonds is 11. The predicted molar refractivity (Wildman–Crippen MR) is 158 cm³/mol. The quantitative estimate of drug-likeness (QED) is 0.269. The van der Waals surface area contributed by atoms with Gasteiger partial charge in [-0.1, -0.05) is 48.5 Å². The minimum Gasteiger partial charge on any atom is -0.381 e. The third-order valence-corrected chi connectivity index (χ3v) is 9.30. The van der Waals surface area contributed by atoms with Gasteiger partial charge >= 0.3 is 0 Å². The number of halogens is 2. The molecule has 3 unspecified atom stereocenters. The second kappa shape index (κ2) is 13.0. The molecule has 3 atom stereocenters. The highest BCUT2D eigenvalue weighted by Crippen LogP contribution is 2.52. The van der Waals surface area contributed by atoms with E-state index in [2.05, 4.69) is 5.32 Å². The number of benzene rings is 3. The zero-order chi connectivity index (χ0) is 29.7. The minimum atomic E-state index is -3.41. The zero-order valence-corrected chi connectivity index (χ0v) is 24.8. The maximum absolute atomic E-state index is 15.7. The van der Waals surface area contributed by atoms with Crippen molar-refractivity contribution in [2.45, 2.75) is 55.2 Å². The number of nitrogens with one attached hydrogen (secondary N) is 1. The molecule has 2 heterocycles. The first-order chi connectivity index (χ1) is 20.2. The molecule has 5 rings (SSSR count). The van der Waals surface area contributed by atoms with Gasteiger partial charge in [0.25, 0.3) is 0 Å². The van der Waals surface area contributed by atoms with E-state index < -0.39 is 26.9 Å². The molecular formula is C33H37F2NO5S. The molecule has 0 radical (unpaired) electrons. The molecular weight excluding hydrogens is 560 g/mol. The maximum atomic E-state index is 15.7. The van der Waals surface area contributed by atoms with Crippen LogP contribution in [-0.4, -0.2) is 53.4 Å². The van der Waals surface area contributed by atoms with Crippen LogP contribution in [0, 0.1) is 11.6 Å². The lowest BCUT2D eigenvalue weighted by atomic mass is 9.66. The maximum Gasteiger partial charge on any atom is 0.175 e. The van der Waals surface area contributed by atoms with Crippen LogP contribution in [0.1, 0.15) is 49.3 Å². The van der Waals surface area contributed by atoms with E-state index in [0.717, 1.165) is 25.5 Å². The van der Waals surface area contributed by atoms with Crippen LogP contribution >= 0.6 is 0 Å². The summed E-state index contributed by atoms with van der Waals surface area (Å²) in [5.41, 5.74) is 1.66. The molecule has 2 aliphatic rings. The van der Waals surface area contributed by atoms with E-state index >= 15 is 8.78 Å². The summed E-state index contributed by atoms with van der Waals surface area (Å²) in [4.78, 5) is 0.181. The normalized spacial score (nSPS) is 22.8. The monoisotopic (exact) mass is 597 g/mol. The van der Waals surface area contributed by atoms with Gasteiger partial charge in [-0.2, -0.15) is 0 Å². The average Bonchev–Trinajstić information content (AvgIpc) is 3.27. The van der Waals surface area contributed by atoms with Gasteiger partial charge in [-0.05, 0) is 68.0 Å². The Morgan fingerprint density at radius 3 is 2.31 bits per heavy atom. The third-order valence-electron chi connectivity index (χ3n) is 8.18. The van der Waals surface area contributed by atoms with Gasteiger partial charge in [-0.25, -0.2) is 17.2 Å². The molecule has 1 fully saturated rings. The molecule has 0 amide bonds. The first-order valence-electron chi connectivity index (χ1n) is 14.3. The molecule has 1 saturated heterocycles. The van der Waals surface area contributed by atoms with Crippen LogP contribution in [0.5, 0.6) is 0 Å². The fraction of sp³-hybridized carbons (Fsp3) is 0.394. The number of hydrogen-bond acceptors (Lipinski definition) is 6. The van der Waals surface area contributed by atoms with Crippen LogP contribution in [0.15, 0.2) is 77.7 Å². The van der Waals surface area contributed by atoms with E-state index in [0.29, 0.717) is 54.2 Å². The minimum absolute atomic E-state index is 0.181. The SMILES string of the molecule is CC1NC(c2ccc(S(C)(=O)=O)cc2)=C(c2ccccc2F)C1(CCOCCOC1CCCCO1)c1ccccc1F. The van der Waals surface area contributed by atoms with Crippen LogP contribution in [0.2, 0.25) is 0 Å². The standard InChI is InChI=1S/C33H37F2NO5S/c1-23-33(27-10-4-6-12-29(27)35,18-20-39-21-22-41-30-13-7-8-19-40-30)31(26-9-3-5-11-28(26)34)32(36-23)24-14-16-25(17-15-24)42(2,37)38/h3-6,9-12,14-17,23,30,36H,7-8,13,18-22H2,1-2H3. The molecule has 9 heteroatoms. The Balaban J connectivity index is 1.53. The smallest absolute Gasteiger partial charge is 0.175 e. The second-order valence-corrected chi connectivity index (χ2v) is 12.9. The van der Waals surface area contributed by atoms with Crippen molar-refractivity contribution in [1.29, 1.82) is 0 Å². The highest BCUT2D eigenvalue weighted by atomic mass is 32.2. The Morgan fingerprint density at radius 2 is 1.64 bits per heavy atom. The average molecular weight is 598 g/mol. The van der Waals surface area contributed by atoms with Crippen molar-refractivity contribution < 1.29 is 31.4 Å². The lowest BCUT2D eigenvalue weighted by molar-refractivity contribution is -0.169. The van der Waals surface area contributed by atoms with Gasteiger partial charge in [0.1, 0.15) is 11.6 Å². The number of ether oxygens (including phenoxy) is 3. The van der Waals surface area contributed by atoms with Crippen molar-refractivity contribution >= 4 is 21.1 Å². The van der Waals surface area contributed by atoms with E-state index in [-0.39, 0.29) is 23.8 Å². The van der Waals surface area contributed by atoms with Gasteiger partial charge in [0.2, 0.25) is 0 Å². The molecule has 0 aliphatic carbocycles. The van der Waals surface area contributed by atoms with Gasteiger partial charge in [0.05, 0.1) is 18.1 Å². The summed E-state index contributed by atoms with van der Waals surface area (Å²) in [7, 11) is -3.41. The van der Waals surface area contributed by atoms with Gasteiger partial charge in [0.15, 0.2) is 16.1 Å². The van der Waals surface area contributed by atoms with Crippen LogP contribution in [0.3, 0.4) is 0 Å². The van der Waals surface area contributed by atoms with Crippen LogP contribution in [0.4, 0.5) is 8.78 Å².